The van der Waals surface area contributed by atoms with E-state index in [4.69, 9.17) is 4.42 Å². The average molecular weight is 180 g/mol. The standard InChI is InChI=1S/C9H12N2O2/c1-6-3-4-8(13-6)7-5-11(2)9(12)10-7/h3-4,7H,5H2,1-2H3,(H,10,12). The monoisotopic (exact) mass is 180 g/mol. The molecule has 1 unspecified atom stereocenters. The lowest BCUT2D eigenvalue weighted by atomic mass is 10.2. The Morgan fingerprint density at radius 3 is 2.85 bits per heavy atom. The van der Waals surface area contributed by atoms with Gasteiger partial charge in [-0.1, -0.05) is 0 Å². The number of hydrogen-bond donors (Lipinski definition) is 1. The molecule has 2 amide bonds. The van der Waals surface area contributed by atoms with E-state index in [0.717, 1.165) is 11.5 Å². The maximum absolute atomic E-state index is 11.1. The first-order valence-corrected chi connectivity index (χ1v) is 4.25. The van der Waals surface area contributed by atoms with E-state index < -0.39 is 0 Å². The lowest BCUT2D eigenvalue weighted by molar-refractivity contribution is 0.226. The Hall–Kier alpha value is -1.45. The van der Waals surface area contributed by atoms with Crippen molar-refractivity contribution in [2.24, 2.45) is 0 Å². The second-order valence-electron chi connectivity index (χ2n) is 3.33. The zero-order valence-electron chi connectivity index (χ0n) is 7.70. The summed E-state index contributed by atoms with van der Waals surface area (Å²) in [7, 11) is 1.77. The highest BCUT2D eigenvalue weighted by Gasteiger charge is 2.28. The minimum absolute atomic E-state index is 0.00574. The van der Waals surface area contributed by atoms with Gasteiger partial charge in [0, 0.05) is 13.6 Å². The van der Waals surface area contributed by atoms with Crippen LogP contribution in [-0.4, -0.2) is 24.5 Å². The summed E-state index contributed by atoms with van der Waals surface area (Å²) in [5.74, 6) is 1.70. The molecule has 1 atom stereocenters. The van der Waals surface area contributed by atoms with Crippen molar-refractivity contribution in [2.45, 2.75) is 13.0 Å². The van der Waals surface area contributed by atoms with Gasteiger partial charge >= 0.3 is 6.03 Å². The summed E-state index contributed by atoms with van der Waals surface area (Å²) in [6, 6.07) is 3.77. The van der Waals surface area contributed by atoms with Gasteiger partial charge in [-0.3, -0.25) is 0 Å². The van der Waals surface area contributed by atoms with Gasteiger partial charge in [-0.15, -0.1) is 0 Å². The number of carbonyl (C=O) groups is 1. The molecule has 0 saturated carbocycles. The van der Waals surface area contributed by atoms with Gasteiger partial charge in [-0.25, -0.2) is 4.79 Å². The Morgan fingerprint density at radius 1 is 1.62 bits per heavy atom. The van der Waals surface area contributed by atoms with Crippen LogP contribution in [0.25, 0.3) is 0 Å². The molecule has 1 saturated heterocycles. The number of carbonyl (C=O) groups excluding carboxylic acids is 1. The molecule has 70 valence electrons. The maximum atomic E-state index is 11.1. The molecule has 1 N–H and O–H groups in total. The van der Waals surface area contributed by atoms with E-state index in [9.17, 15) is 4.79 Å². The molecular weight excluding hydrogens is 168 g/mol. The average Bonchev–Trinajstić information content (AvgIpc) is 2.61. The molecule has 0 spiro atoms. The van der Waals surface area contributed by atoms with Gasteiger partial charge < -0.3 is 14.6 Å². The molecular formula is C9H12N2O2. The molecule has 0 bridgehead atoms. The number of nitrogens with zero attached hydrogens (tertiary/aromatic N) is 1. The largest absolute Gasteiger partial charge is 0.464 e. The van der Waals surface area contributed by atoms with Gasteiger partial charge in [0.2, 0.25) is 0 Å². The summed E-state index contributed by atoms with van der Waals surface area (Å²) in [6.07, 6.45) is 0. The lowest BCUT2D eigenvalue weighted by Crippen LogP contribution is -2.23. The Balaban J connectivity index is 2.16. The van der Waals surface area contributed by atoms with E-state index in [1.807, 2.05) is 19.1 Å². The molecule has 0 aliphatic carbocycles. The van der Waals surface area contributed by atoms with E-state index in [-0.39, 0.29) is 12.1 Å². The van der Waals surface area contributed by atoms with E-state index in [1.54, 1.807) is 11.9 Å². The van der Waals surface area contributed by atoms with Crippen LogP contribution in [0.1, 0.15) is 17.6 Å². The van der Waals surface area contributed by atoms with Crippen molar-refractivity contribution in [1.29, 1.82) is 0 Å². The first-order valence-electron chi connectivity index (χ1n) is 4.25. The number of urea groups is 1. The van der Waals surface area contributed by atoms with E-state index in [2.05, 4.69) is 5.32 Å². The van der Waals surface area contributed by atoms with E-state index in [0.29, 0.717) is 6.54 Å². The molecule has 1 fully saturated rings. The van der Waals surface area contributed by atoms with Crippen molar-refractivity contribution in [2.75, 3.05) is 13.6 Å². The molecule has 4 nitrogen and oxygen atoms in total. The van der Waals surface area contributed by atoms with Crippen LogP contribution in [0.2, 0.25) is 0 Å². The molecule has 1 aromatic heterocycles. The van der Waals surface area contributed by atoms with Crippen molar-refractivity contribution < 1.29 is 9.21 Å². The van der Waals surface area contributed by atoms with Crippen molar-refractivity contribution in [3.63, 3.8) is 0 Å². The Bertz CT molecular complexity index is 332. The third kappa shape index (κ3) is 1.39. The predicted octanol–water partition coefficient (Wildman–Crippen LogP) is 1.28. The molecule has 0 radical (unpaired) electrons. The van der Waals surface area contributed by atoms with Crippen LogP contribution in [0, 0.1) is 6.92 Å². The summed E-state index contributed by atoms with van der Waals surface area (Å²) < 4.78 is 5.42. The van der Waals surface area contributed by atoms with Crippen LogP contribution in [0.5, 0.6) is 0 Å². The van der Waals surface area contributed by atoms with Crippen molar-refractivity contribution in [3.8, 4) is 0 Å². The van der Waals surface area contributed by atoms with Gasteiger partial charge in [0.15, 0.2) is 0 Å². The molecule has 1 aliphatic heterocycles. The van der Waals surface area contributed by atoms with E-state index in [1.165, 1.54) is 0 Å². The highest BCUT2D eigenvalue weighted by Crippen LogP contribution is 2.20. The molecule has 4 heteroatoms. The fraction of sp³-hybridized carbons (Fsp3) is 0.444. The third-order valence-corrected chi connectivity index (χ3v) is 2.21. The minimum atomic E-state index is -0.0425. The number of furan rings is 1. The minimum Gasteiger partial charge on any atom is -0.464 e. The van der Waals surface area contributed by atoms with Gasteiger partial charge in [-0.2, -0.15) is 0 Å². The smallest absolute Gasteiger partial charge is 0.317 e. The quantitative estimate of drug-likeness (QED) is 0.707. The highest BCUT2D eigenvalue weighted by atomic mass is 16.3. The number of amides is 2. The number of hydrogen-bond acceptors (Lipinski definition) is 2. The molecule has 0 aromatic carbocycles. The maximum Gasteiger partial charge on any atom is 0.317 e. The van der Waals surface area contributed by atoms with Crippen LogP contribution >= 0.6 is 0 Å². The highest BCUT2D eigenvalue weighted by molar-refractivity contribution is 5.76. The van der Waals surface area contributed by atoms with Gasteiger partial charge in [-0.05, 0) is 19.1 Å². The number of likely N-dealkylation sites (N-methyl/N-ethyl adjacent to an activating group) is 1. The predicted molar refractivity (Wildman–Crippen MR) is 47.3 cm³/mol. The van der Waals surface area contributed by atoms with Crippen LogP contribution in [0.15, 0.2) is 16.5 Å². The van der Waals surface area contributed by atoms with Gasteiger partial charge in [0.1, 0.15) is 17.6 Å². The topological polar surface area (TPSA) is 45.5 Å². The molecule has 2 rings (SSSR count). The summed E-state index contributed by atoms with van der Waals surface area (Å²) in [6.45, 7) is 2.57. The SMILES string of the molecule is Cc1ccc(C2CN(C)C(=O)N2)o1. The first-order chi connectivity index (χ1) is 6.16. The van der Waals surface area contributed by atoms with Crippen molar-refractivity contribution in [1.82, 2.24) is 10.2 Å². The second kappa shape index (κ2) is 2.80. The summed E-state index contributed by atoms with van der Waals surface area (Å²) in [5, 5.41) is 2.83. The summed E-state index contributed by atoms with van der Waals surface area (Å²) in [4.78, 5) is 12.8. The van der Waals surface area contributed by atoms with Crippen molar-refractivity contribution in [3.05, 3.63) is 23.7 Å². The lowest BCUT2D eigenvalue weighted by Gasteiger charge is -2.05. The Morgan fingerprint density at radius 2 is 2.38 bits per heavy atom. The third-order valence-electron chi connectivity index (χ3n) is 2.21. The van der Waals surface area contributed by atoms with Crippen LogP contribution < -0.4 is 5.32 Å². The first kappa shape index (κ1) is 8.16. The fourth-order valence-corrected chi connectivity index (χ4v) is 1.46. The van der Waals surface area contributed by atoms with Crippen LogP contribution in [0.3, 0.4) is 0 Å². The molecule has 2 heterocycles. The van der Waals surface area contributed by atoms with Crippen molar-refractivity contribution >= 4 is 6.03 Å². The second-order valence-corrected chi connectivity index (χ2v) is 3.33. The van der Waals surface area contributed by atoms with Gasteiger partial charge in [0.25, 0.3) is 0 Å². The van der Waals surface area contributed by atoms with Crippen LogP contribution in [0.4, 0.5) is 4.79 Å². The Kier molecular flexibility index (Phi) is 1.76. The van der Waals surface area contributed by atoms with E-state index >= 15 is 0 Å². The summed E-state index contributed by atoms with van der Waals surface area (Å²) >= 11 is 0. The molecule has 1 aliphatic rings. The number of aryl methyl sites for hydroxylation is 1. The van der Waals surface area contributed by atoms with Crippen LogP contribution in [-0.2, 0) is 0 Å². The zero-order valence-corrected chi connectivity index (χ0v) is 7.70. The Labute approximate surface area is 76.5 Å². The normalized spacial score (nSPS) is 22.2. The molecule has 13 heavy (non-hydrogen) atoms. The number of nitrogens with one attached hydrogen (secondary N) is 1. The summed E-state index contributed by atoms with van der Waals surface area (Å²) in [5.41, 5.74) is 0. The number of rotatable bonds is 1. The zero-order chi connectivity index (χ0) is 9.42. The molecule has 1 aromatic rings. The fourth-order valence-electron chi connectivity index (χ4n) is 1.46. The van der Waals surface area contributed by atoms with Gasteiger partial charge in [0.05, 0.1) is 0 Å².